The van der Waals surface area contributed by atoms with Crippen LogP contribution < -0.4 is 5.32 Å². The van der Waals surface area contributed by atoms with E-state index in [9.17, 15) is 0 Å². The van der Waals surface area contributed by atoms with E-state index in [-0.39, 0.29) is 0 Å². The summed E-state index contributed by atoms with van der Waals surface area (Å²) in [5.74, 6) is 0.692. The summed E-state index contributed by atoms with van der Waals surface area (Å²) >= 11 is 6.18. The third kappa shape index (κ3) is 4.20. The molecule has 1 unspecified atom stereocenters. The predicted molar refractivity (Wildman–Crippen MR) is 82.6 cm³/mol. The predicted octanol–water partition coefficient (Wildman–Crippen LogP) is 3.55. The van der Waals surface area contributed by atoms with Gasteiger partial charge in [-0.3, -0.25) is 4.90 Å². The SMILES string of the molecule is CC(C)C(CNCc1ccccc1Cl)N1CCCC1. The number of nitrogens with zero attached hydrogens (tertiary/aromatic N) is 1. The van der Waals surface area contributed by atoms with Crippen LogP contribution in [0.1, 0.15) is 32.3 Å². The van der Waals surface area contributed by atoms with Crippen LogP contribution >= 0.6 is 11.6 Å². The third-order valence-electron chi connectivity index (χ3n) is 4.01. The van der Waals surface area contributed by atoms with E-state index in [1.54, 1.807) is 0 Å². The largest absolute Gasteiger partial charge is 0.311 e. The Balaban J connectivity index is 1.84. The summed E-state index contributed by atoms with van der Waals surface area (Å²) in [5, 5.41) is 4.43. The molecular weight excluding hydrogens is 256 g/mol. The fourth-order valence-electron chi connectivity index (χ4n) is 2.86. The minimum absolute atomic E-state index is 0.644. The van der Waals surface area contributed by atoms with Crippen LogP contribution in [0.25, 0.3) is 0 Å². The summed E-state index contributed by atoms with van der Waals surface area (Å²) < 4.78 is 0. The molecule has 1 aliphatic rings. The second-order valence-corrected chi connectivity index (χ2v) is 6.18. The highest BCUT2D eigenvalue weighted by Crippen LogP contribution is 2.18. The van der Waals surface area contributed by atoms with Gasteiger partial charge in [0.2, 0.25) is 0 Å². The molecule has 0 amide bonds. The van der Waals surface area contributed by atoms with Gasteiger partial charge in [-0.2, -0.15) is 0 Å². The van der Waals surface area contributed by atoms with E-state index in [0.717, 1.165) is 18.1 Å². The molecule has 1 atom stereocenters. The molecule has 1 aliphatic heterocycles. The van der Waals surface area contributed by atoms with Crippen LogP contribution in [0.15, 0.2) is 24.3 Å². The van der Waals surface area contributed by atoms with Crippen LogP contribution in [0.5, 0.6) is 0 Å². The standard InChI is InChI=1S/C16H25ClN2/c1-13(2)16(19-9-5-6-10-19)12-18-11-14-7-3-4-8-15(14)17/h3-4,7-8,13,16,18H,5-6,9-12H2,1-2H3. The maximum absolute atomic E-state index is 6.18. The average Bonchev–Trinajstić information content (AvgIpc) is 2.89. The molecule has 1 saturated heterocycles. The Hall–Kier alpha value is -0.570. The number of hydrogen-bond acceptors (Lipinski definition) is 2. The fourth-order valence-corrected chi connectivity index (χ4v) is 3.06. The van der Waals surface area contributed by atoms with Gasteiger partial charge in [-0.15, -0.1) is 0 Å². The lowest BCUT2D eigenvalue weighted by Crippen LogP contribution is -2.44. The maximum atomic E-state index is 6.18. The summed E-state index contributed by atoms with van der Waals surface area (Å²) in [6.45, 7) is 9.06. The highest BCUT2D eigenvalue weighted by atomic mass is 35.5. The number of likely N-dealkylation sites (tertiary alicyclic amines) is 1. The molecule has 0 aromatic heterocycles. The molecule has 0 spiro atoms. The van der Waals surface area contributed by atoms with Crippen molar-refractivity contribution in [1.82, 2.24) is 10.2 Å². The van der Waals surface area contributed by atoms with Crippen LogP contribution in [0.2, 0.25) is 5.02 Å². The van der Waals surface area contributed by atoms with Gasteiger partial charge in [0.15, 0.2) is 0 Å². The molecule has 0 bridgehead atoms. The van der Waals surface area contributed by atoms with Crippen molar-refractivity contribution >= 4 is 11.6 Å². The first-order valence-corrected chi connectivity index (χ1v) is 7.74. The lowest BCUT2D eigenvalue weighted by molar-refractivity contribution is 0.186. The Labute approximate surface area is 122 Å². The van der Waals surface area contributed by atoms with E-state index in [1.165, 1.54) is 31.5 Å². The molecule has 2 nitrogen and oxygen atoms in total. The molecule has 1 aromatic rings. The zero-order valence-electron chi connectivity index (χ0n) is 12.0. The van der Waals surface area contributed by atoms with Crippen LogP contribution in [-0.4, -0.2) is 30.6 Å². The zero-order valence-corrected chi connectivity index (χ0v) is 12.8. The van der Waals surface area contributed by atoms with Gasteiger partial charge in [0, 0.05) is 24.2 Å². The molecule has 3 heteroatoms. The van der Waals surface area contributed by atoms with Gasteiger partial charge in [-0.25, -0.2) is 0 Å². The van der Waals surface area contributed by atoms with Crippen molar-refractivity contribution in [1.29, 1.82) is 0 Å². The first-order chi connectivity index (χ1) is 9.18. The highest BCUT2D eigenvalue weighted by molar-refractivity contribution is 6.31. The van der Waals surface area contributed by atoms with Gasteiger partial charge < -0.3 is 5.32 Å². The van der Waals surface area contributed by atoms with Gasteiger partial charge in [-0.1, -0.05) is 43.6 Å². The third-order valence-corrected chi connectivity index (χ3v) is 4.37. The molecule has 19 heavy (non-hydrogen) atoms. The molecule has 1 heterocycles. The zero-order chi connectivity index (χ0) is 13.7. The Kier molecular flexibility index (Phi) is 5.68. The van der Waals surface area contributed by atoms with Crippen LogP contribution in [0.3, 0.4) is 0 Å². The lowest BCUT2D eigenvalue weighted by Gasteiger charge is -2.31. The molecular formula is C16H25ClN2. The second-order valence-electron chi connectivity index (χ2n) is 5.78. The summed E-state index contributed by atoms with van der Waals surface area (Å²) in [5.41, 5.74) is 1.19. The van der Waals surface area contributed by atoms with Gasteiger partial charge in [-0.05, 0) is 43.5 Å². The van der Waals surface area contributed by atoms with Crippen molar-refractivity contribution in [2.45, 2.75) is 39.3 Å². The molecule has 0 aliphatic carbocycles. The Morgan fingerprint density at radius 1 is 1.21 bits per heavy atom. The second kappa shape index (κ2) is 7.28. The number of rotatable bonds is 6. The first kappa shape index (κ1) is 14.8. The minimum atomic E-state index is 0.644. The normalized spacial score (nSPS) is 18.1. The van der Waals surface area contributed by atoms with E-state index in [2.05, 4.69) is 30.1 Å². The van der Waals surface area contributed by atoms with Crippen LogP contribution in [-0.2, 0) is 6.54 Å². The van der Waals surface area contributed by atoms with Crippen molar-refractivity contribution in [2.24, 2.45) is 5.92 Å². The van der Waals surface area contributed by atoms with Gasteiger partial charge in [0.25, 0.3) is 0 Å². The minimum Gasteiger partial charge on any atom is -0.311 e. The molecule has 2 rings (SSSR count). The Morgan fingerprint density at radius 2 is 1.89 bits per heavy atom. The number of benzene rings is 1. The van der Waals surface area contributed by atoms with Crippen molar-refractivity contribution in [3.05, 3.63) is 34.9 Å². The van der Waals surface area contributed by atoms with E-state index < -0.39 is 0 Å². The topological polar surface area (TPSA) is 15.3 Å². The summed E-state index contributed by atoms with van der Waals surface area (Å²) in [7, 11) is 0. The Morgan fingerprint density at radius 3 is 2.53 bits per heavy atom. The lowest BCUT2D eigenvalue weighted by atomic mass is 10.0. The van der Waals surface area contributed by atoms with Crippen molar-refractivity contribution in [3.63, 3.8) is 0 Å². The van der Waals surface area contributed by atoms with Gasteiger partial charge in [0.05, 0.1) is 0 Å². The number of nitrogens with one attached hydrogen (secondary N) is 1. The monoisotopic (exact) mass is 280 g/mol. The van der Waals surface area contributed by atoms with Crippen molar-refractivity contribution < 1.29 is 0 Å². The smallest absolute Gasteiger partial charge is 0.0450 e. The van der Waals surface area contributed by atoms with E-state index in [4.69, 9.17) is 11.6 Å². The number of halogens is 1. The first-order valence-electron chi connectivity index (χ1n) is 7.36. The highest BCUT2D eigenvalue weighted by Gasteiger charge is 2.23. The quantitative estimate of drug-likeness (QED) is 0.857. The molecule has 1 fully saturated rings. The summed E-state index contributed by atoms with van der Waals surface area (Å²) in [4.78, 5) is 2.63. The molecule has 1 aromatic carbocycles. The van der Waals surface area contributed by atoms with E-state index >= 15 is 0 Å². The van der Waals surface area contributed by atoms with Crippen molar-refractivity contribution in [2.75, 3.05) is 19.6 Å². The number of hydrogen-bond donors (Lipinski definition) is 1. The maximum Gasteiger partial charge on any atom is 0.0450 e. The van der Waals surface area contributed by atoms with Crippen LogP contribution in [0.4, 0.5) is 0 Å². The molecule has 1 N–H and O–H groups in total. The van der Waals surface area contributed by atoms with Crippen LogP contribution in [0, 0.1) is 5.92 Å². The average molecular weight is 281 g/mol. The Bertz CT molecular complexity index is 386. The van der Waals surface area contributed by atoms with E-state index in [1.807, 2.05) is 18.2 Å². The molecule has 0 radical (unpaired) electrons. The van der Waals surface area contributed by atoms with Gasteiger partial charge >= 0.3 is 0 Å². The van der Waals surface area contributed by atoms with Gasteiger partial charge in [0.1, 0.15) is 0 Å². The summed E-state index contributed by atoms with van der Waals surface area (Å²) in [6, 6.07) is 8.72. The van der Waals surface area contributed by atoms with E-state index in [0.29, 0.717) is 12.0 Å². The van der Waals surface area contributed by atoms with Crippen molar-refractivity contribution in [3.8, 4) is 0 Å². The summed E-state index contributed by atoms with van der Waals surface area (Å²) in [6.07, 6.45) is 2.71. The molecule has 106 valence electrons. The molecule has 0 saturated carbocycles. The fraction of sp³-hybridized carbons (Fsp3) is 0.625.